The number of methoxy groups -OCH3 is 2. The minimum absolute atomic E-state index is 0.0593. The summed E-state index contributed by atoms with van der Waals surface area (Å²) in [5, 5.41) is 22.4. The minimum Gasteiger partial charge on any atom is -0.493 e. The Hall–Kier alpha value is -3.00. The number of nitrogens with zero attached hydrogens (tertiary/aromatic N) is 4. The molecule has 7 nitrogen and oxygen atoms in total. The van der Waals surface area contributed by atoms with E-state index in [9.17, 15) is 9.50 Å². The van der Waals surface area contributed by atoms with Gasteiger partial charge in [-0.3, -0.25) is 0 Å². The standard InChI is InChI=1S/C17H17FN4O3/c1-24-15-7-6-12(9-16(15)25-2)17-19-21-22(20-17)10-14(23)11-4-3-5-13(18)8-11/h3-9,14,23H,10H2,1-2H3. The van der Waals surface area contributed by atoms with Crippen LogP contribution in [0.2, 0.25) is 0 Å². The Kier molecular flexibility index (Phi) is 4.90. The average Bonchev–Trinajstić information content (AvgIpc) is 3.09. The van der Waals surface area contributed by atoms with Gasteiger partial charge in [-0.05, 0) is 41.1 Å². The third kappa shape index (κ3) is 3.74. The van der Waals surface area contributed by atoms with E-state index >= 15 is 0 Å². The van der Waals surface area contributed by atoms with E-state index < -0.39 is 11.9 Å². The fourth-order valence-corrected chi connectivity index (χ4v) is 2.39. The molecular weight excluding hydrogens is 327 g/mol. The number of hydrogen-bond acceptors (Lipinski definition) is 6. The lowest BCUT2D eigenvalue weighted by atomic mass is 10.1. The monoisotopic (exact) mass is 344 g/mol. The molecule has 0 bridgehead atoms. The predicted molar refractivity (Wildman–Crippen MR) is 87.7 cm³/mol. The Bertz CT molecular complexity index is 869. The molecule has 1 aromatic heterocycles. The quantitative estimate of drug-likeness (QED) is 0.738. The Morgan fingerprint density at radius 2 is 1.92 bits per heavy atom. The van der Waals surface area contributed by atoms with Crippen molar-refractivity contribution < 1.29 is 19.0 Å². The fourth-order valence-electron chi connectivity index (χ4n) is 2.39. The number of tetrazole rings is 1. The molecule has 0 aliphatic heterocycles. The number of aliphatic hydroxyl groups excluding tert-OH is 1. The zero-order chi connectivity index (χ0) is 17.8. The Morgan fingerprint density at radius 3 is 2.64 bits per heavy atom. The van der Waals surface area contributed by atoms with Gasteiger partial charge in [-0.25, -0.2) is 4.39 Å². The summed E-state index contributed by atoms with van der Waals surface area (Å²) in [7, 11) is 3.10. The third-order valence-corrected chi connectivity index (χ3v) is 3.66. The molecule has 0 saturated carbocycles. The van der Waals surface area contributed by atoms with Crippen LogP contribution in [0.5, 0.6) is 11.5 Å². The van der Waals surface area contributed by atoms with E-state index in [0.717, 1.165) is 0 Å². The summed E-state index contributed by atoms with van der Waals surface area (Å²) in [6, 6.07) is 11.0. The lowest BCUT2D eigenvalue weighted by molar-refractivity contribution is 0.144. The lowest BCUT2D eigenvalue weighted by Gasteiger charge is -2.09. The van der Waals surface area contributed by atoms with Crippen LogP contribution in [-0.2, 0) is 6.54 Å². The predicted octanol–water partition coefficient (Wildman–Crippen LogP) is 2.23. The Labute approximate surface area is 143 Å². The molecule has 0 radical (unpaired) electrons. The molecule has 25 heavy (non-hydrogen) atoms. The van der Waals surface area contributed by atoms with E-state index in [0.29, 0.717) is 28.5 Å². The van der Waals surface area contributed by atoms with Gasteiger partial charge >= 0.3 is 0 Å². The number of aromatic nitrogens is 4. The van der Waals surface area contributed by atoms with Gasteiger partial charge in [0.2, 0.25) is 5.82 Å². The summed E-state index contributed by atoms with van der Waals surface area (Å²) in [5.41, 5.74) is 1.15. The summed E-state index contributed by atoms with van der Waals surface area (Å²) in [5.74, 6) is 1.12. The fraction of sp³-hybridized carbons (Fsp3) is 0.235. The zero-order valence-corrected chi connectivity index (χ0v) is 13.8. The van der Waals surface area contributed by atoms with Gasteiger partial charge in [0.05, 0.1) is 20.8 Å². The van der Waals surface area contributed by atoms with Gasteiger partial charge in [-0.2, -0.15) is 4.80 Å². The molecule has 1 heterocycles. The van der Waals surface area contributed by atoms with Gasteiger partial charge in [0.25, 0.3) is 0 Å². The molecule has 3 rings (SSSR count). The number of halogens is 1. The molecule has 130 valence electrons. The third-order valence-electron chi connectivity index (χ3n) is 3.66. The highest BCUT2D eigenvalue weighted by Crippen LogP contribution is 2.30. The molecule has 1 N–H and O–H groups in total. The van der Waals surface area contributed by atoms with E-state index in [2.05, 4.69) is 15.4 Å². The molecule has 8 heteroatoms. The van der Waals surface area contributed by atoms with Crippen molar-refractivity contribution in [2.75, 3.05) is 14.2 Å². The van der Waals surface area contributed by atoms with Crippen LogP contribution in [0.25, 0.3) is 11.4 Å². The van der Waals surface area contributed by atoms with Crippen molar-refractivity contribution in [3.05, 3.63) is 53.8 Å². The molecule has 0 aliphatic carbocycles. The second-order valence-electron chi connectivity index (χ2n) is 5.31. The summed E-state index contributed by atoms with van der Waals surface area (Å²) < 4.78 is 23.7. The largest absolute Gasteiger partial charge is 0.493 e. The second kappa shape index (κ2) is 7.27. The zero-order valence-electron chi connectivity index (χ0n) is 13.8. The van der Waals surface area contributed by atoms with Crippen LogP contribution in [0.3, 0.4) is 0 Å². The summed E-state index contributed by atoms with van der Waals surface area (Å²) in [4.78, 5) is 1.27. The first kappa shape index (κ1) is 16.8. The van der Waals surface area contributed by atoms with E-state index in [1.165, 1.54) is 23.0 Å². The first-order valence-corrected chi connectivity index (χ1v) is 7.54. The van der Waals surface area contributed by atoms with Crippen molar-refractivity contribution in [1.29, 1.82) is 0 Å². The average molecular weight is 344 g/mol. The number of rotatable bonds is 6. The van der Waals surface area contributed by atoms with Crippen molar-refractivity contribution in [2.24, 2.45) is 0 Å². The molecule has 1 atom stereocenters. The minimum atomic E-state index is -0.942. The second-order valence-corrected chi connectivity index (χ2v) is 5.31. The Balaban J connectivity index is 1.78. The molecule has 0 spiro atoms. The van der Waals surface area contributed by atoms with Crippen LogP contribution in [0.1, 0.15) is 11.7 Å². The van der Waals surface area contributed by atoms with Crippen LogP contribution >= 0.6 is 0 Å². The van der Waals surface area contributed by atoms with Crippen LogP contribution in [-0.4, -0.2) is 39.5 Å². The van der Waals surface area contributed by atoms with Crippen LogP contribution in [0.15, 0.2) is 42.5 Å². The molecule has 0 aliphatic rings. The lowest BCUT2D eigenvalue weighted by Crippen LogP contribution is -2.11. The first-order chi connectivity index (χ1) is 12.1. The molecule has 2 aromatic carbocycles. The maximum atomic E-state index is 13.2. The van der Waals surface area contributed by atoms with Gasteiger partial charge < -0.3 is 14.6 Å². The van der Waals surface area contributed by atoms with Gasteiger partial charge in [0.1, 0.15) is 11.9 Å². The van der Waals surface area contributed by atoms with E-state index in [-0.39, 0.29) is 6.54 Å². The van der Waals surface area contributed by atoms with Crippen molar-refractivity contribution in [1.82, 2.24) is 20.2 Å². The molecule has 1 unspecified atom stereocenters. The molecule has 0 amide bonds. The van der Waals surface area contributed by atoms with Gasteiger partial charge in [0, 0.05) is 5.56 Å². The van der Waals surface area contributed by atoms with Crippen LogP contribution in [0, 0.1) is 5.82 Å². The number of ether oxygens (including phenoxy) is 2. The smallest absolute Gasteiger partial charge is 0.205 e. The molecule has 0 saturated heterocycles. The number of benzene rings is 2. The van der Waals surface area contributed by atoms with Crippen molar-refractivity contribution >= 4 is 0 Å². The van der Waals surface area contributed by atoms with Crippen molar-refractivity contribution in [3.63, 3.8) is 0 Å². The summed E-state index contributed by atoms with van der Waals surface area (Å²) in [6.45, 7) is 0.0593. The maximum Gasteiger partial charge on any atom is 0.205 e. The van der Waals surface area contributed by atoms with Crippen LogP contribution in [0.4, 0.5) is 4.39 Å². The highest BCUT2D eigenvalue weighted by Gasteiger charge is 2.14. The van der Waals surface area contributed by atoms with E-state index in [4.69, 9.17) is 9.47 Å². The maximum absolute atomic E-state index is 13.2. The van der Waals surface area contributed by atoms with Gasteiger partial charge in [-0.15, -0.1) is 10.2 Å². The van der Waals surface area contributed by atoms with E-state index in [1.807, 2.05) is 0 Å². The summed E-state index contributed by atoms with van der Waals surface area (Å²) >= 11 is 0. The molecule has 0 fully saturated rings. The Morgan fingerprint density at radius 1 is 1.12 bits per heavy atom. The number of aliphatic hydroxyl groups is 1. The highest BCUT2D eigenvalue weighted by atomic mass is 19.1. The van der Waals surface area contributed by atoms with Crippen LogP contribution < -0.4 is 9.47 Å². The number of hydrogen-bond donors (Lipinski definition) is 1. The van der Waals surface area contributed by atoms with Gasteiger partial charge in [-0.1, -0.05) is 12.1 Å². The van der Waals surface area contributed by atoms with Gasteiger partial charge in [0.15, 0.2) is 11.5 Å². The first-order valence-electron chi connectivity index (χ1n) is 7.54. The van der Waals surface area contributed by atoms with E-state index in [1.54, 1.807) is 38.5 Å². The summed E-state index contributed by atoms with van der Waals surface area (Å²) in [6.07, 6.45) is -0.942. The SMILES string of the molecule is COc1ccc(-c2nnn(CC(O)c3cccc(F)c3)n2)cc1OC. The highest BCUT2D eigenvalue weighted by molar-refractivity contribution is 5.60. The topological polar surface area (TPSA) is 82.3 Å². The van der Waals surface area contributed by atoms with Crippen molar-refractivity contribution in [2.45, 2.75) is 12.6 Å². The van der Waals surface area contributed by atoms with Crippen molar-refractivity contribution in [3.8, 4) is 22.9 Å². The molecule has 3 aromatic rings. The normalized spacial score (nSPS) is 12.0. The molecular formula is C17H17FN4O3.